The second-order valence-electron chi connectivity index (χ2n) is 5.75. The molecule has 0 aliphatic heterocycles. The Bertz CT molecular complexity index is 501. The Morgan fingerprint density at radius 2 is 2.10 bits per heavy atom. The van der Waals surface area contributed by atoms with E-state index in [1.807, 2.05) is 26.0 Å². The summed E-state index contributed by atoms with van der Waals surface area (Å²) in [5.41, 5.74) is 1.61. The molecule has 0 unspecified atom stereocenters. The van der Waals surface area contributed by atoms with Gasteiger partial charge >= 0.3 is 0 Å². The number of hydrogen-bond acceptors (Lipinski definition) is 3. The molecule has 1 saturated carbocycles. The second-order valence-corrected chi connectivity index (χ2v) is 5.75. The van der Waals surface area contributed by atoms with Gasteiger partial charge in [0.15, 0.2) is 0 Å². The minimum absolute atomic E-state index is 0.0351. The molecular weight excluding hydrogens is 266 g/mol. The Balaban J connectivity index is 2.13. The smallest absolute Gasteiger partial charge is 0.253 e. The Hall–Kier alpha value is -1.55. The van der Waals surface area contributed by atoms with Crippen LogP contribution in [0.25, 0.3) is 0 Å². The molecule has 0 heterocycles. The first-order valence-corrected chi connectivity index (χ1v) is 7.73. The van der Waals surface area contributed by atoms with Gasteiger partial charge in [0, 0.05) is 12.6 Å². The maximum Gasteiger partial charge on any atom is 0.253 e. The molecular formula is C17H25NO3. The summed E-state index contributed by atoms with van der Waals surface area (Å²) in [5, 5.41) is 10.1. The summed E-state index contributed by atoms with van der Waals surface area (Å²) >= 11 is 0. The quantitative estimate of drug-likeness (QED) is 0.928. The van der Waals surface area contributed by atoms with E-state index in [1.54, 1.807) is 18.0 Å². The van der Waals surface area contributed by atoms with Gasteiger partial charge in [0.2, 0.25) is 0 Å². The van der Waals surface area contributed by atoms with Gasteiger partial charge in [-0.3, -0.25) is 4.79 Å². The molecule has 1 aromatic carbocycles. The number of aryl methyl sites for hydroxylation is 1. The predicted molar refractivity (Wildman–Crippen MR) is 82.7 cm³/mol. The summed E-state index contributed by atoms with van der Waals surface area (Å²) in [6, 6.07) is 5.43. The molecule has 1 amide bonds. The van der Waals surface area contributed by atoms with Crippen LogP contribution in [0.3, 0.4) is 0 Å². The molecule has 0 bridgehead atoms. The molecule has 4 heteroatoms. The molecule has 4 nitrogen and oxygen atoms in total. The number of rotatable bonds is 4. The van der Waals surface area contributed by atoms with Crippen molar-refractivity contribution in [1.29, 1.82) is 0 Å². The van der Waals surface area contributed by atoms with Gasteiger partial charge in [-0.1, -0.05) is 12.8 Å². The first kappa shape index (κ1) is 15.8. The highest BCUT2D eigenvalue weighted by atomic mass is 16.5. The summed E-state index contributed by atoms with van der Waals surface area (Å²) in [7, 11) is 1.79. The van der Waals surface area contributed by atoms with Crippen molar-refractivity contribution in [1.82, 2.24) is 4.90 Å². The van der Waals surface area contributed by atoms with Crippen molar-refractivity contribution in [3.05, 3.63) is 29.3 Å². The number of hydrogen-bond donors (Lipinski definition) is 1. The lowest BCUT2D eigenvalue weighted by molar-refractivity contribution is 0.0268. The topological polar surface area (TPSA) is 49.8 Å². The first-order valence-electron chi connectivity index (χ1n) is 7.73. The number of amides is 1. The van der Waals surface area contributed by atoms with E-state index in [1.165, 1.54) is 0 Å². The number of likely N-dealkylation sites (N-methyl/N-ethyl adjacent to an activating group) is 1. The summed E-state index contributed by atoms with van der Waals surface area (Å²) in [4.78, 5) is 14.3. The Morgan fingerprint density at radius 3 is 2.71 bits per heavy atom. The van der Waals surface area contributed by atoms with Gasteiger partial charge in [-0.25, -0.2) is 0 Å². The highest BCUT2D eigenvalue weighted by Crippen LogP contribution is 2.25. The Morgan fingerprint density at radius 1 is 1.38 bits per heavy atom. The summed E-state index contributed by atoms with van der Waals surface area (Å²) in [6.07, 6.45) is 3.37. The molecule has 116 valence electrons. The number of ether oxygens (including phenoxy) is 1. The fourth-order valence-electron chi connectivity index (χ4n) is 3.00. The van der Waals surface area contributed by atoms with Gasteiger partial charge in [0.05, 0.1) is 18.8 Å². The van der Waals surface area contributed by atoms with Gasteiger partial charge in [-0.2, -0.15) is 0 Å². The highest BCUT2D eigenvalue weighted by Gasteiger charge is 2.29. The van der Waals surface area contributed by atoms with E-state index >= 15 is 0 Å². The van der Waals surface area contributed by atoms with Crippen molar-refractivity contribution in [2.45, 2.75) is 51.7 Å². The van der Waals surface area contributed by atoms with Crippen LogP contribution in [0.5, 0.6) is 5.75 Å². The van der Waals surface area contributed by atoms with E-state index in [0.717, 1.165) is 37.0 Å². The zero-order valence-corrected chi connectivity index (χ0v) is 13.1. The minimum atomic E-state index is -0.406. The molecule has 1 aromatic rings. The standard InChI is InChI=1S/C17H25NO3/c1-4-21-16-10-9-13(11-12(16)2)17(20)18(3)14-7-5-6-8-15(14)19/h9-11,14-15,19H,4-8H2,1-3H3/t14-,15+/m1/s1. The number of carbonyl (C=O) groups is 1. The van der Waals surface area contributed by atoms with Crippen molar-refractivity contribution in [2.24, 2.45) is 0 Å². The van der Waals surface area contributed by atoms with Crippen molar-refractivity contribution in [2.75, 3.05) is 13.7 Å². The third-order valence-electron chi connectivity index (χ3n) is 4.23. The van der Waals surface area contributed by atoms with Crippen LogP contribution < -0.4 is 4.74 Å². The van der Waals surface area contributed by atoms with E-state index in [-0.39, 0.29) is 11.9 Å². The van der Waals surface area contributed by atoms with Gasteiger partial charge in [0.1, 0.15) is 5.75 Å². The van der Waals surface area contributed by atoms with Crippen molar-refractivity contribution in [3.63, 3.8) is 0 Å². The van der Waals surface area contributed by atoms with Crippen molar-refractivity contribution >= 4 is 5.91 Å². The van der Waals surface area contributed by atoms with Gasteiger partial charge < -0.3 is 14.7 Å². The number of aliphatic hydroxyl groups excluding tert-OH is 1. The lowest BCUT2D eigenvalue weighted by Gasteiger charge is -2.35. The Labute approximate surface area is 126 Å². The Kier molecular flexibility index (Phi) is 5.23. The van der Waals surface area contributed by atoms with E-state index in [2.05, 4.69) is 0 Å². The fraction of sp³-hybridized carbons (Fsp3) is 0.588. The van der Waals surface area contributed by atoms with Gasteiger partial charge in [-0.05, 0) is 50.5 Å². The van der Waals surface area contributed by atoms with Crippen LogP contribution in [0, 0.1) is 6.92 Å². The van der Waals surface area contributed by atoms with Crippen molar-refractivity contribution < 1.29 is 14.6 Å². The molecule has 1 aliphatic rings. The van der Waals surface area contributed by atoms with Gasteiger partial charge in [-0.15, -0.1) is 0 Å². The van der Waals surface area contributed by atoms with Crippen LogP contribution in [-0.2, 0) is 0 Å². The molecule has 0 spiro atoms. The summed E-state index contributed by atoms with van der Waals surface area (Å²) in [5.74, 6) is 0.779. The molecule has 0 radical (unpaired) electrons. The molecule has 21 heavy (non-hydrogen) atoms. The van der Waals surface area contributed by atoms with Gasteiger partial charge in [0.25, 0.3) is 5.91 Å². The average molecular weight is 291 g/mol. The molecule has 0 aromatic heterocycles. The maximum absolute atomic E-state index is 12.6. The van der Waals surface area contributed by atoms with Crippen LogP contribution in [0.4, 0.5) is 0 Å². The van der Waals surface area contributed by atoms with E-state index < -0.39 is 6.10 Å². The SMILES string of the molecule is CCOc1ccc(C(=O)N(C)[C@@H]2CCCC[C@@H]2O)cc1C. The number of aliphatic hydroxyl groups is 1. The lowest BCUT2D eigenvalue weighted by atomic mass is 9.91. The molecule has 2 rings (SSSR count). The monoisotopic (exact) mass is 291 g/mol. The summed E-state index contributed by atoms with van der Waals surface area (Å²) in [6.45, 7) is 4.50. The predicted octanol–water partition coefficient (Wildman–Crippen LogP) is 2.77. The third-order valence-corrected chi connectivity index (χ3v) is 4.23. The van der Waals surface area contributed by atoms with Crippen LogP contribution in [0.1, 0.15) is 48.5 Å². The summed E-state index contributed by atoms with van der Waals surface area (Å²) < 4.78 is 5.50. The normalized spacial score (nSPS) is 21.9. The third kappa shape index (κ3) is 3.56. The zero-order chi connectivity index (χ0) is 15.4. The zero-order valence-electron chi connectivity index (χ0n) is 13.1. The average Bonchev–Trinajstić information content (AvgIpc) is 2.48. The van der Waals surface area contributed by atoms with Crippen molar-refractivity contribution in [3.8, 4) is 5.75 Å². The van der Waals surface area contributed by atoms with E-state index in [4.69, 9.17) is 4.74 Å². The van der Waals surface area contributed by atoms with Crippen LogP contribution >= 0.6 is 0 Å². The first-order chi connectivity index (χ1) is 10.0. The van der Waals surface area contributed by atoms with E-state index in [9.17, 15) is 9.90 Å². The van der Waals surface area contributed by atoms with Crippen LogP contribution in [0.2, 0.25) is 0 Å². The fourth-order valence-corrected chi connectivity index (χ4v) is 3.00. The molecule has 2 atom stereocenters. The minimum Gasteiger partial charge on any atom is -0.494 e. The lowest BCUT2D eigenvalue weighted by Crippen LogP contribution is -2.46. The number of nitrogens with zero attached hydrogens (tertiary/aromatic N) is 1. The molecule has 1 aliphatic carbocycles. The number of benzene rings is 1. The maximum atomic E-state index is 12.6. The highest BCUT2D eigenvalue weighted by molar-refractivity contribution is 5.94. The largest absolute Gasteiger partial charge is 0.494 e. The molecule has 1 N–H and O–H groups in total. The van der Waals surface area contributed by atoms with E-state index in [0.29, 0.717) is 12.2 Å². The molecule has 1 fully saturated rings. The number of carbonyl (C=O) groups excluding carboxylic acids is 1. The molecule has 0 saturated heterocycles. The van der Waals surface area contributed by atoms with Crippen LogP contribution in [0.15, 0.2) is 18.2 Å². The second kappa shape index (κ2) is 6.94. The van der Waals surface area contributed by atoms with Crippen LogP contribution in [-0.4, -0.2) is 41.7 Å².